The summed E-state index contributed by atoms with van der Waals surface area (Å²) < 4.78 is 11.0. The highest BCUT2D eigenvalue weighted by Crippen LogP contribution is 2.28. The van der Waals surface area contributed by atoms with E-state index >= 15 is 0 Å². The van der Waals surface area contributed by atoms with E-state index in [2.05, 4.69) is 15.3 Å². The number of aliphatic carboxylic acids is 1. The van der Waals surface area contributed by atoms with Crippen molar-refractivity contribution < 1.29 is 38.6 Å². The fraction of sp³-hybridized carbons (Fsp3) is 0.424. The van der Waals surface area contributed by atoms with Gasteiger partial charge in [-0.15, -0.1) is 0 Å². The number of fused-ring (bicyclic) bond motifs is 1. The third-order valence-corrected chi connectivity index (χ3v) is 8.28. The molecule has 0 spiro atoms. The van der Waals surface area contributed by atoms with Gasteiger partial charge in [0.25, 0.3) is 11.8 Å². The number of carboxylic acid groups (broad SMARTS) is 1. The highest BCUT2D eigenvalue weighted by Gasteiger charge is 2.32. The molecule has 2 aliphatic rings. The van der Waals surface area contributed by atoms with E-state index in [1.807, 2.05) is 18.2 Å². The lowest BCUT2D eigenvalue weighted by atomic mass is 10.0. The molecule has 4 amide bonds. The summed E-state index contributed by atoms with van der Waals surface area (Å²) in [5.74, 6) is -2.04. The molecule has 2 aromatic heterocycles. The fourth-order valence-corrected chi connectivity index (χ4v) is 5.76. The van der Waals surface area contributed by atoms with E-state index < -0.39 is 29.9 Å². The smallest absolute Gasteiger partial charge is 0.409 e. The number of ether oxygens (including phenoxy) is 2. The number of para-hydroxylation sites is 1. The number of amides is 4. The Morgan fingerprint density at radius 3 is 2.45 bits per heavy atom. The van der Waals surface area contributed by atoms with Crippen molar-refractivity contribution in [1.29, 1.82) is 0 Å². The number of nitrogens with one attached hydrogen (secondary N) is 1. The number of rotatable bonds is 11. The van der Waals surface area contributed by atoms with E-state index in [1.54, 1.807) is 42.3 Å². The predicted molar refractivity (Wildman–Crippen MR) is 169 cm³/mol. The third-order valence-electron chi connectivity index (χ3n) is 8.28. The maximum atomic E-state index is 13.5. The van der Waals surface area contributed by atoms with E-state index in [1.165, 1.54) is 15.9 Å². The zero-order valence-electron chi connectivity index (χ0n) is 26.2. The van der Waals surface area contributed by atoms with Gasteiger partial charge in [-0.05, 0) is 44.0 Å². The Bertz CT molecular complexity index is 1610. The number of nitrogens with zero attached hydrogens (tertiary/aromatic N) is 5. The van der Waals surface area contributed by atoms with E-state index in [4.69, 9.17) is 9.47 Å². The summed E-state index contributed by atoms with van der Waals surface area (Å²) >= 11 is 0. The minimum atomic E-state index is -1.14. The standard InChI is InChI=1S/C33H38N6O8/c1-2-46-33(45)38-17-15-37(16-18-38)32(44)26(10-11-30(41)42)36-31(43)27-19-28(23-7-3-4-9-25(23)35-27)47-21-29(40)39-14-12-22(20-39)24-8-5-6-13-34-24/h3-9,13,19,22,26H,2,10-12,14-18,20-21H2,1H3,(H,36,43)(H,41,42). The van der Waals surface area contributed by atoms with Crippen LogP contribution >= 0.6 is 0 Å². The summed E-state index contributed by atoms with van der Waals surface area (Å²) in [5.41, 5.74) is 1.34. The van der Waals surface area contributed by atoms with Gasteiger partial charge in [-0.2, -0.15) is 0 Å². The molecule has 0 bridgehead atoms. The molecule has 14 nitrogen and oxygen atoms in total. The second-order valence-corrected chi connectivity index (χ2v) is 11.4. The molecule has 2 atom stereocenters. The molecule has 2 saturated heterocycles. The van der Waals surface area contributed by atoms with Crippen LogP contribution in [0.1, 0.15) is 48.3 Å². The Morgan fingerprint density at radius 1 is 0.979 bits per heavy atom. The van der Waals surface area contributed by atoms with Crippen molar-refractivity contribution in [2.24, 2.45) is 0 Å². The normalized spacial score (nSPS) is 16.9. The van der Waals surface area contributed by atoms with Gasteiger partial charge in [0.15, 0.2) is 6.61 Å². The summed E-state index contributed by atoms with van der Waals surface area (Å²) in [6.07, 6.45) is 1.59. The molecule has 2 fully saturated rings. The lowest BCUT2D eigenvalue weighted by Gasteiger charge is -2.35. The van der Waals surface area contributed by atoms with E-state index in [0.717, 1.165) is 12.1 Å². The Kier molecular flexibility index (Phi) is 10.8. The number of aromatic nitrogens is 2. The van der Waals surface area contributed by atoms with Gasteiger partial charge in [0.1, 0.15) is 17.5 Å². The van der Waals surface area contributed by atoms with Gasteiger partial charge in [0, 0.05) is 75.0 Å². The molecule has 4 heterocycles. The Balaban J connectivity index is 1.26. The van der Waals surface area contributed by atoms with Crippen molar-refractivity contribution in [3.63, 3.8) is 0 Å². The summed E-state index contributed by atoms with van der Waals surface area (Å²) in [4.78, 5) is 77.1. The second kappa shape index (κ2) is 15.3. The number of carbonyl (C=O) groups is 5. The van der Waals surface area contributed by atoms with Crippen LogP contribution in [0, 0.1) is 0 Å². The van der Waals surface area contributed by atoms with Gasteiger partial charge < -0.3 is 34.6 Å². The average molecular weight is 647 g/mol. The van der Waals surface area contributed by atoms with E-state index in [9.17, 15) is 29.1 Å². The first-order valence-corrected chi connectivity index (χ1v) is 15.7. The first-order valence-electron chi connectivity index (χ1n) is 15.7. The molecule has 2 unspecified atom stereocenters. The zero-order chi connectivity index (χ0) is 33.3. The summed E-state index contributed by atoms with van der Waals surface area (Å²) in [7, 11) is 0. The van der Waals surface area contributed by atoms with Gasteiger partial charge in [-0.25, -0.2) is 9.78 Å². The van der Waals surface area contributed by atoms with Gasteiger partial charge in [-0.1, -0.05) is 18.2 Å². The number of hydrogen-bond acceptors (Lipinski definition) is 9. The van der Waals surface area contributed by atoms with Crippen molar-refractivity contribution in [1.82, 2.24) is 30.0 Å². The van der Waals surface area contributed by atoms with E-state index in [0.29, 0.717) is 24.0 Å². The molecule has 248 valence electrons. The lowest BCUT2D eigenvalue weighted by molar-refractivity contribution is -0.138. The quantitative estimate of drug-likeness (QED) is 0.315. The molecule has 0 saturated carbocycles. The highest BCUT2D eigenvalue weighted by molar-refractivity contribution is 5.99. The summed E-state index contributed by atoms with van der Waals surface area (Å²) in [5, 5.41) is 12.6. The molecule has 0 radical (unpaired) electrons. The van der Waals surface area contributed by atoms with Crippen molar-refractivity contribution in [2.75, 3.05) is 52.5 Å². The molecule has 47 heavy (non-hydrogen) atoms. The van der Waals surface area contributed by atoms with Gasteiger partial charge in [0.2, 0.25) is 5.91 Å². The first-order chi connectivity index (χ1) is 22.7. The minimum Gasteiger partial charge on any atom is -0.483 e. The number of likely N-dealkylation sites (tertiary alicyclic amines) is 1. The number of hydrogen-bond donors (Lipinski definition) is 2. The molecule has 2 N–H and O–H groups in total. The molecule has 14 heteroatoms. The van der Waals surface area contributed by atoms with Gasteiger partial charge in [-0.3, -0.25) is 24.2 Å². The predicted octanol–water partition coefficient (Wildman–Crippen LogP) is 2.29. The summed E-state index contributed by atoms with van der Waals surface area (Å²) in [6, 6.07) is 13.0. The van der Waals surface area contributed by atoms with Crippen LogP contribution in [-0.4, -0.2) is 118 Å². The van der Waals surface area contributed by atoms with Crippen molar-refractivity contribution in [3.8, 4) is 5.75 Å². The average Bonchev–Trinajstić information content (AvgIpc) is 3.59. The number of carboxylic acids is 1. The van der Waals surface area contributed by atoms with Crippen LogP contribution in [0.5, 0.6) is 5.75 Å². The maximum Gasteiger partial charge on any atom is 0.409 e. The third kappa shape index (κ3) is 8.31. The molecule has 5 rings (SSSR count). The minimum absolute atomic E-state index is 0.0530. The lowest BCUT2D eigenvalue weighted by Crippen LogP contribution is -2.56. The number of benzene rings is 1. The maximum absolute atomic E-state index is 13.5. The van der Waals surface area contributed by atoms with Crippen LogP contribution in [-0.2, 0) is 19.1 Å². The number of pyridine rings is 2. The van der Waals surface area contributed by atoms with E-state index in [-0.39, 0.29) is 75.5 Å². The highest BCUT2D eigenvalue weighted by atomic mass is 16.6. The van der Waals surface area contributed by atoms with Gasteiger partial charge in [0.05, 0.1) is 12.1 Å². The summed E-state index contributed by atoms with van der Waals surface area (Å²) in [6.45, 7) is 3.72. The van der Waals surface area contributed by atoms with Crippen LogP contribution in [0.3, 0.4) is 0 Å². The monoisotopic (exact) mass is 646 g/mol. The van der Waals surface area contributed by atoms with Crippen molar-refractivity contribution in [3.05, 3.63) is 66.1 Å². The van der Waals surface area contributed by atoms with Crippen molar-refractivity contribution >= 4 is 40.7 Å². The molecule has 2 aliphatic heterocycles. The number of piperazine rings is 1. The zero-order valence-corrected chi connectivity index (χ0v) is 26.2. The Hall–Kier alpha value is -5.27. The van der Waals surface area contributed by atoms with Crippen LogP contribution in [0.4, 0.5) is 4.79 Å². The van der Waals surface area contributed by atoms with Crippen molar-refractivity contribution in [2.45, 2.75) is 38.1 Å². The molecular formula is C33H38N6O8. The van der Waals surface area contributed by atoms with Crippen LogP contribution in [0.2, 0.25) is 0 Å². The molecule has 1 aromatic carbocycles. The molecule has 3 aromatic rings. The molecular weight excluding hydrogens is 608 g/mol. The topological polar surface area (TPSA) is 172 Å². The Morgan fingerprint density at radius 2 is 1.72 bits per heavy atom. The largest absolute Gasteiger partial charge is 0.483 e. The molecule has 0 aliphatic carbocycles. The fourth-order valence-electron chi connectivity index (χ4n) is 5.76. The SMILES string of the molecule is CCOC(=O)N1CCN(C(=O)C(CCC(=O)O)NC(=O)c2cc(OCC(=O)N3CCC(c4ccccn4)C3)c3ccccc3n2)CC1. The van der Waals surface area contributed by atoms with Crippen LogP contribution < -0.4 is 10.1 Å². The number of carbonyl (C=O) groups excluding carboxylic acids is 4. The van der Waals surface area contributed by atoms with Crippen LogP contribution in [0.15, 0.2) is 54.7 Å². The van der Waals surface area contributed by atoms with Crippen LogP contribution in [0.25, 0.3) is 10.9 Å². The Labute approximate surface area is 271 Å². The second-order valence-electron chi connectivity index (χ2n) is 11.4. The van der Waals surface area contributed by atoms with Gasteiger partial charge >= 0.3 is 12.1 Å². The first kappa shape index (κ1) is 33.1.